The number of carbonyl (C=O) groups is 1. The third-order valence-electron chi connectivity index (χ3n) is 3.22. The van der Waals surface area contributed by atoms with Crippen molar-refractivity contribution in [1.29, 1.82) is 0 Å². The lowest BCUT2D eigenvalue weighted by Gasteiger charge is -2.27. The van der Waals surface area contributed by atoms with E-state index in [1.54, 1.807) is 6.07 Å². The van der Waals surface area contributed by atoms with Gasteiger partial charge in [-0.2, -0.15) is 0 Å². The predicted molar refractivity (Wildman–Crippen MR) is 59.0 cm³/mol. The summed E-state index contributed by atoms with van der Waals surface area (Å²) < 4.78 is 4.87. The van der Waals surface area contributed by atoms with Crippen LogP contribution < -0.4 is 5.32 Å². The molecule has 1 aliphatic rings. The number of aliphatic hydroxyl groups is 1. The van der Waals surface area contributed by atoms with E-state index in [1.165, 1.54) is 12.5 Å². The number of nitrogens with one attached hydrogen (secondary N) is 1. The molecule has 1 amide bonds. The molecule has 0 aliphatic heterocycles. The fraction of sp³-hybridized carbons (Fsp3) is 0.583. The van der Waals surface area contributed by atoms with Gasteiger partial charge in [-0.25, -0.2) is 0 Å². The summed E-state index contributed by atoms with van der Waals surface area (Å²) in [5.74, 6) is 0.350. The lowest BCUT2D eigenvalue weighted by atomic mass is 9.86. The van der Waals surface area contributed by atoms with Crippen LogP contribution in [0.25, 0.3) is 0 Å². The highest BCUT2D eigenvalue weighted by atomic mass is 16.3. The van der Waals surface area contributed by atoms with Gasteiger partial charge in [0.1, 0.15) is 6.26 Å². The first-order valence-corrected chi connectivity index (χ1v) is 5.73. The van der Waals surface area contributed by atoms with Gasteiger partial charge < -0.3 is 14.8 Å². The Morgan fingerprint density at radius 1 is 1.44 bits per heavy atom. The molecule has 1 fully saturated rings. The van der Waals surface area contributed by atoms with Crippen molar-refractivity contribution in [3.05, 3.63) is 24.2 Å². The zero-order chi connectivity index (χ0) is 11.4. The average molecular weight is 223 g/mol. The van der Waals surface area contributed by atoms with Crippen LogP contribution in [0.1, 0.15) is 36.0 Å². The molecule has 0 radical (unpaired) electrons. The van der Waals surface area contributed by atoms with Crippen molar-refractivity contribution in [2.24, 2.45) is 5.92 Å². The smallest absolute Gasteiger partial charge is 0.254 e. The van der Waals surface area contributed by atoms with Gasteiger partial charge >= 0.3 is 0 Å². The molecule has 88 valence electrons. The summed E-state index contributed by atoms with van der Waals surface area (Å²) in [7, 11) is 0. The molecule has 1 aromatic rings. The normalized spacial score (nSPS) is 25.3. The molecule has 0 atom stereocenters. The molecule has 0 saturated heterocycles. The van der Waals surface area contributed by atoms with Gasteiger partial charge in [0.15, 0.2) is 0 Å². The third-order valence-corrected chi connectivity index (χ3v) is 3.22. The SMILES string of the molecule is O=C(NC1CCC(CO)CC1)c1ccoc1. The van der Waals surface area contributed by atoms with Crippen molar-refractivity contribution in [2.45, 2.75) is 31.7 Å². The maximum Gasteiger partial charge on any atom is 0.254 e. The Hall–Kier alpha value is -1.29. The molecule has 4 heteroatoms. The van der Waals surface area contributed by atoms with Gasteiger partial charge in [0.05, 0.1) is 11.8 Å². The summed E-state index contributed by atoms with van der Waals surface area (Å²) in [5, 5.41) is 12.0. The van der Waals surface area contributed by atoms with Crippen molar-refractivity contribution in [2.75, 3.05) is 6.61 Å². The van der Waals surface area contributed by atoms with Crippen molar-refractivity contribution in [3.8, 4) is 0 Å². The second-order valence-electron chi connectivity index (χ2n) is 4.39. The van der Waals surface area contributed by atoms with Gasteiger partial charge in [-0.3, -0.25) is 4.79 Å². The second kappa shape index (κ2) is 5.16. The van der Waals surface area contributed by atoms with Crippen LogP contribution >= 0.6 is 0 Å². The van der Waals surface area contributed by atoms with E-state index in [4.69, 9.17) is 9.52 Å². The van der Waals surface area contributed by atoms with Crippen molar-refractivity contribution < 1.29 is 14.3 Å². The number of aliphatic hydroxyl groups excluding tert-OH is 1. The van der Waals surface area contributed by atoms with Crippen LogP contribution in [0.5, 0.6) is 0 Å². The molecular weight excluding hydrogens is 206 g/mol. The highest BCUT2D eigenvalue weighted by molar-refractivity contribution is 5.93. The Labute approximate surface area is 94.6 Å². The van der Waals surface area contributed by atoms with Crippen molar-refractivity contribution in [1.82, 2.24) is 5.32 Å². The minimum absolute atomic E-state index is 0.0683. The van der Waals surface area contributed by atoms with Crippen molar-refractivity contribution in [3.63, 3.8) is 0 Å². The number of carbonyl (C=O) groups excluding carboxylic acids is 1. The van der Waals surface area contributed by atoms with E-state index in [2.05, 4.69) is 5.32 Å². The van der Waals surface area contributed by atoms with Crippen LogP contribution in [0.15, 0.2) is 23.0 Å². The minimum atomic E-state index is -0.0683. The topological polar surface area (TPSA) is 62.5 Å². The van der Waals surface area contributed by atoms with Gasteiger partial charge in [0.25, 0.3) is 5.91 Å². The van der Waals surface area contributed by atoms with Gasteiger partial charge in [-0.05, 0) is 37.7 Å². The van der Waals surface area contributed by atoms with E-state index in [-0.39, 0.29) is 18.6 Å². The molecule has 16 heavy (non-hydrogen) atoms. The first kappa shape index (κ1) is 11.2. The van der Waals surface area contributed by atoms with Crippen molar-refractivity contribution >= 4 is 5.91 Å². The fourth-order valence-electron chi connectivity index (χ4n) is 2.15. The molecule has 4 nitrogen and oxygen atoms in total. The Morgan fingerprint density at radius 2 is 2.19 bits per heavy atom. The van der Waals surface area contributed by atoms with E-state index >= 15 is 0 Å². The van der Waals surface area contributed by atoms with E-state index in [9.17, 15) is 4.79 Å². The molecule has 0 spiro atoms. The largest absolute Gasteiger partial charge is 0.472 e. The molecule has 1 heterocycles. The first-order valence-electron chi connectivity index (χ1n) is 5.73. The molecule has 0 aromatic carbocycles. The molecule has 1 aromatic heterocycles. The van der Waals surface area contributed by atoms with E-state index in [1.807, 2.05) is 0 Å². The highest BCUT2D eigenvalue weighted by Crippen LogP contribution is 2.23. The summed E-state index contributed by atoms with van der Waals surface area (Å²) in [6.07, 6.45) is 6.84. The van der Waals surface area contributed by atoms with E-state index < -0.39 is 0 Å². The Kier molecular flexibility index (Phi) is 3.62. The second-order valence-corrected chi connectivity index (χ2v) is 4.39. The van der Waals surface area contributed by atoms with Crippen LogP contribution in [-0.4, -0.2) is 23.7 Å². The summed E-state index contributed by atoms with van der Waals surface area (Å²) in [6, 6.07) is 1.90. The van der Waals surface area contributed by atoms with Crippen LogP contribution in [0.3, 0.4) is 0 Å². The van der Waals surface area contributed by atoms with E-state index in [0.717, 1.165) is 25.7 Å². The molecule has 1 aliphatic carbocycles. The Morgan fingerprint density at radius 3 is 2.75 bits per heavy atom. The maximum atomic E-state index is 11.7. The Balaban J connectivity index is 1.81. The number of hydrogen-bond donors (Lipinski definition) is 2. The lowest BCUT2D eigenvalue weighted by Crippen LogP contribution is -2.37. The third kappa shape index (κ3) is 2.64. The zero-order valence-corrected chi connectivity index (χ0v) is 9.19. The molecule has 1 saturated carbocycles. The summed E-state index contributed by atoms with van der Waals surface area (Å²) in [4.78, 5) is 11.7. The monoisotopic (exact) mass is 223 g/mol. The summed E-state index contributed by atoms with van der Waals surface area (Å²) >= 11 is 0. The van der Waals surface area contributed by atoms with Crippen LogP contribution in [0.4, 0.5) is 0 Å². The molecule has 0 unspecified atom stereocenters. The molecule has 0 bridgehead atoms. The minimum Gasteiger partial charge on any atom is -0.472 e. The average Bonchev–Trinajstić information content (AvgIpc) is 2.83. The summed E-state index contributed by atoms with van der Waals surface area (Å²) in [5.41, 5.74) is 0.573. The van der Waals surface area contributed by atoms with Crippen LogP contribution in [-0.2, 0) is 0 Å². The Bertz CT molecular complexity index is 326. The van der Waals surface area contributed by atoms with Crippen LogP contribution in [0, 0.1) is 5.92 Å². The number of furan rings is 1. The molecule has 2 N–H and O–H groups in total. The molecule has 2 rings (SSSR count). The van der Waals surface area contributed by atoms with Gasteiger partial charge in [0, 0.05) is 12.6 Å². The van der Waals surface area contributed by atoms with Gasteiger partial charge in [0.2, 0.25) is 0 Å². The van der Waals surface area contributed by atoms with Gasteiger partial charge in [-0.1, -0.05) is 0 Å². The predicted octanol–water partition coefficient (Wildman–Crippen LogP) is 1.56. The number of hydrogen-bond acceptors (Lipinski definition) is 3. The number of amides is 1. The molecular formula is C12H17NO3. The fourth-order valence-corrected chi connectivity index (χ4v) is 2.15. The lowest BCUT2D eigenvalue weighted by molar-refractivity contribution is 0.0913. The first-order chi connectivity index (χ1) is 7.79. The van der Waals surface area contributed by atoms with Crippen LogP contribution in [0.2, 0.25) is 0 Å². The highest BCUT2D eigenvalue weighted by Gasteiger charge is 2.22. The summed E-state index contributed by atoms with van der Waals surface area (Å²) in [6.45, 7) is 0.266. The number of rotatable bonds is 3. The van der Waals surface area contributed by atoms with E-state index in [0.29, 0.717) is 11.5 Å². The zero-order valence-electron chi connectivity index (χ0n) is 9.19. The van der Waals surface area contributed by atoms with Gasteiger partial charge in [-0.15, -0.1) is 0 Å². The maximum absolute atomic E-state index is 11.7. The quantitative estimate of drug-likeness (QED) is 0.817. The standard InChI is InChI=1S/C12H17NO3/c14-7-9-1-3-11(4-2-9)13-12(15)10-5-6-16-8-10/h5-6,8-9,11,14H,1-4,7H2,(H,13,15).